The third-order valence-electron chi connectivity index (χ3n) is 2.16. The molecule has 1 N–H and O–H groups in total. The lowest BCUT2D eigenvalue weighted by molar-refractivity contribution is -0.160. The molecule has 1 saturated carbocycles. The second-order valence-corrected chi connectivity index (χ2v) is 4.71. The molecule has 1 amide bonds. The first-order valence-electron chi connectivity index (χ1n) is 4.39. The number of amides is 1. The lowest BCUT2D eigenvalue weighted by Crippen LogP contribution is -2.34. The van der Waals surface area contributed by atoms with E-state index in [0.717, 1.165) is 12.8 Å². The van der Waals surface area contributed by atoms with Crippen LogP contribution in [0.5, 0.6) is 0 Å². The fourth-order valence-corrected chi connectivity index (χ4v) is 1.75. The maximum Gasteiger partial charge on any atom is 0.422 e. The Labute approximate surface area is 89.7 Å². The van der Waals surface area contributed by atoms with Crippen molar-refractivity contribution in [1.82, 2.24) is 5.32 Å². The van der Waals surface area contributed by atoms with E-state index in [-0.39, 0.29) is 4.75 Å². The van der Waals surface area contributed by atoms with Crippen LogP contribution in [-0.4, -0.2) is 36.4 Å². The summed E-state index contributed by atoms with van der Waals surface area (Å²) in [7, 11) is 0. The average Bonchev–Trinajstić information content (AvgIpc) is 2.91. The quantitative estimate of drug-likeness (QED) is 0.822. The van der Waals surface area contributed by atoms with E-state index in [1.54, 1.807) is 11.8 Å². The predicted octanol–water partition coefficient (Wildman–Crippen LogP) is 2.17. The van der Waals surface area contributed by atoms with Crippen molar-refractivity contribution in [3.63, 3.8) is 0 Å². The zero-order valence-corrected chi connectivity index (χ0v) is 9.00. The van der Waals surface area contributed by atoms with Gasteiger partial charge in [0.1, 0.15) is 0 Å². The number of thioether (sulfide) groups is 1. The molecule has 1 aliphatic carbocycles. The van der Waals surface area contributed by atoms with Gasteiger partial charge < -0.3 is 10.1 Å². The highest BCUT2D eigenvalue weighted by Gasteiger charge is 2.42. The van der Waals surface area contributed by atoms with E-state index in [0.29, 0.717) is 6.54 Å². The minimum absolute atomic E-state index is 0.0251. The SMILES string of the molecule is CSC1(CNC(=O)OCC(F)(F)F)CC1. The Morgan fingerprint density at radius 1 is 1.53 bits per heavy atom. The van der Waals surface area contributed by atoms with Crippen molar-refractivity contribution in [2.24, 2.45) is 0 Å². The lowest BCUT2D eigenvalue weighted by Gasteiger charge is -2.13. The molecular formula is C8H12F3NO2S. The highest BCUT2D eigenvalue weighted by atomic mass is 32.2. The molecule has 0 aromatic heterocycles. The number of hydrogen-bond acceptors (Lipinski definition) is 3. The van der Waals surface area contributed by atoms with Crippen LogP contribution in [0.25, 0.3) is 0 Å². The van der Waals surface area contributed by atoms with E-state index >= 15 is 0 Å². The average molecular weight is 243 g/mol. The predicted molar refractivity (Wildman–Crippen MR) is 50.9 cm³/mol. The number of rotatable bonds is 4. The van der Waals surface area contributed by atoms with Crippen LogP contribution in [0.2, 0.25) is 0 Å². The van der Waals surface area contributed by atoms with E-state index in [2.05, 4.69) is 10.1 Å². The Morgan fingerprint density at radius 3 is 2.53 bits per heavy atom. The first-order chi connectivity index (χ1) is 6.87. The zero-order valence-electron chi connectivity index (χ0n) is 8.19. The van der Waals surface area contributed by atoms with Gasteiger partial charge in [0, 0.05) is 11.3 Å². The van der Waals surface area contributed by atoms with E-state index < -0.39 is 18.9 Å². The van der Waals surface area contributed by atoms with Crippen molar-refractivity contribution < 1.29 is 22.7 Å². The second kappa shape index (κ2) is 4.51. The fourth-order valence-electron chi connectivity index (χ4n) is 1.02. The topological polar surface area (TPSA) is 38.3 Å². The number of carbonyl (C=O) groups excluding carboxylic acids is 1. The maximum atomic E-state index is 11.7. The fraction of sp³-hybridized carbons (Fsp3) is 0.875. The van der Waals surface area contributed by atoms with Crippen LogP contribution >= 0.6 is 11.8 Å². The molecule has 3 nitrogen and oxygen atoms in total. The van der Waals surface area contributed by atoms with Crippen molar-refractivity contribution in [3.05, 3.63) is 0 Å². The summed E-state index contributed by atoms with van der Waals surface area (Å²) in [5.74, 6) is 0. The molecule has 0 bridgehead atoms. The molecule has 0 aliphatic heterocycles. The minimum Gasteiger partial charge on any atom is -0.440 e. The number of halogens is 3. The van der Waals surface area contributed by atoms with Gasteiger partial charge in [0.15, 0.2) is 6.61 Å². The Bertz CT molecular complexity index is 241. The molecule has 0 unspecified atom stereocenters. The molecule has 0 spiro atoms. The zero-order chi connectivity index (χ0) is 11.5. The van der Waals surface area contributed by atoms with Crippen LogP contribution in [-0.2, 0) is 4.74 Å². The number of hydrogen-bond donors (Lipinski definition) is 1. The van der Waals surface area contributed by atoms with Crippen molar-refractivity contribution in [2.75, 3.05) is 19.4 Å². The van der Waals surface area contributed by atoms with Crippen LogP contribution in [0.1, 0.15) is 12.8 Å². The monoisotopic (exact) mass is 243 g/mol. The summed E-state index contributed by atoms with van der Waals surface area (Å²) in [6.45, 7) is -1.17. The van der Waals surface area contributed by atoms with Gasteiger partial charge in [-0.05, 0) is 19.1 Å². The molecule has 0 radical (unpaired) electrons. The van der Waals surface area contributed by atoms with Gasteiger partial charge >= 0.3 is 12.3 Å². The van der Waals surface area contributed by atoms with Gasteiger partial charge in [-0.15, -0.1) is 0 Å². The van der Waals surface area contributed by atoms with Crippen molar-refractivity contribution in [2.45, 2.75) is 23.8 Å². The normalized spacial score (nSPS) is 18.4. The molecule has 1 aliphatic rings. The molecule has 0 heterocycles. The maximum absolute atomic E-state index is 11.7. The summed E-state index contributed by atoms with van der Waals surface area (Å²) in [5.41, 5.74) is 0. The summed E-state index contributed by atoms with van der Waals surface area (Å²) in [6.07, 6.45) is -1.60. The Kier molecular flexibility index (Phi) is 3.75. The van der Waals surface area contributed by atoms with Gasteiger partial charge in [-0.1, -0.05) is 0 Å². The van der Waals surface area contributed by atoms with Gasteiger partial charge in [-0.3, -0.25) is 0 Å². The van der Waals surface area contributed by atoms with Gasteiger partial charge in [0.05, 0.1) is 0 Å². The molecular weight excluding hydrogens is 231 g/mol. The molecule has 0 saturated heterocycles. The summed E-state index contributed by atoms with van der Waals surface area (Å²) in [6, 6.07) is 0. The third-order valence-corrected chi connectivity index (χ3v) is 3.58. The third kappa shape index (κ3) is 4.63. The highest BCUT2D eigenvalue weighted by Crippen LogP contribution is 2.46. The van der Waals surface area contributed by atoms with Crippen molar-refractivity contribution in [1.29, 1.82) is 0 Å². The van der Waals surface area contributed by atoms with E-state index in [1.165, 1.54) is 0 Å². The minimum atomic E-state index is -4.46. The number of nitrogens with one attached hydrogen (secondary N) is 1. The van der Waals surface area contributed by atoms with Gasteiger partial charge in [-0.2, -0.15) is 24.9 Å². The molecule has 0 aromatic carbocycles. The standard InChI is InChI=1S/C8H12F3NO2S/c1-15-7(2-3-7)4-12-6(13)14-5-8(9,10)11/h2-5H2,1H3,(H,12,13). The smallest absolute Gasteiger partial charge is 0.422 e. The van der Waals surface area contributed by atoms with Crippen LogP contribution in [0.15, 0.2) is 0 Å². The van der Waals surface area contributed by atoms with E-state index in [1.807, 2.05) is 6.26 Å². The summed E-state index contributed by atoms with van der Waals surface area (Å²) < 4.78 is 39.0. The first kappa shape index (κ1) is 12.5. The molecule has 1 rings (SSSR count). The van der Waals surface area contributed by atoms with Crippen LogP contribution in [0.4, 0.5) is 18.0 Å². The molecule has 7 heteroatoms. The van der Waals surface area contributed by atoms with E-state index in [9.17, 15) is 18.0 Å². The molecule has 0 aromatic rings. The molecule has 1 fully saturated rings. The molecule has 88 valence electrons. The number of alkyl carbamates (subject to hydrolysis) is 1. The number of ether oxygens (including phenoxy) is 1. The Morgan fingerprint density at radius 2 is 2.13 bits per heavy atom. The van der Waals surface area contributed by atoms with Gasteiger partial charge in [0.2, 0.25) is 0 Å². The largest absolute Gasteiger partial charge is 0.440 e. The molecule has 0 atom stereocenters. The Balaban J connectivity index is 2.14. The number of carbonyl (C=O) groups is 1. The van der Waals surface area contributed by atoms with Gasteiger partial charge in [0.25, 0.3) is 0 Å². The van der Waals surface area contributed by atoms with Crippen LogP contribution in [0, 0.1) is 0 Å². The Hall–Kier alpha value is -0.590. The van der Waals surface area contributed by atoms with E-state index in [4.69, 9.17) is 0 Å². The summed E-state index contributed by atoms with van der Waals surface area (Å²) in [5, 5.41) is 2.33. The summed E-state index contributed by atoms with van der Waals surface area (Å²) in [4.78, 5) is 10.8. The number of alkyl halides is 3. The summed E-state index contributed by atoms with van der Waals surface area (Å²) >= 11 is 1.61. The highest BCUT2D eigenvalue weighted by molar-refractivity contribution is 8.00. The molecule has 15 heavy (non-hydrogen) atoms. The van der Waals surface area contributed by atoms with Gasteiger partial charge in [-0.25, -0.2) is 4.79 Å². The van der Waals surface area contributed by atoms with Crippen molar-refractivity contribution in [3.8, 4) is 0 Å². The second-order valence-electron chi connectivity index (χ2n) is 3.43. The van der Waals surface area contributed by atoms with Crippen LogP contribution in [0.3, 0.4) is 0 Å². The lowest BCUT2D eigenvalue weighted by atomic mass is 10.4. The van der Waals surface area contributed by atoms with Crippen molar-refractivity contribution >= 4 is 17.9 Å². The first-order valence-corrected chi connectivity index (χ1v) is 5.62. The van der Waals surface area contributed by atoms with Crippen LogP contribution < -0.4 is 5.32 Å².